The van der Waals surface area contributed by atoms with Crippen LogP contribution in [0.25, 0.3) is 0 Å². The average molecular weight is 485 g/mol. The van der Waals surface area contributed by atoms with E-state index in [1.54, 1.807) is 19.1 Å². The Bertz CT molecular complexity index is 1240. The molecule has 3 rings (SSSR count). The van der Waals surface area contributed by atoms with Crippen LogP contribution in [0.3, 0.4) is 0 Å². The number of benzene rings is 3. The van der Waals surface area contributed by atoms with Crippen LogP contribution in [-0.2, 0) is 21.2 Å². The van der Waals surface area contributed by atoms with Gasteiger partial charge in [-0.15, -0.1) is 0 Å². The summed E-state index contributed by atoms with van der Waals surface area (Å²) in [5.41, 5.74) is 1.71. The van der Waals surface area contributed by atoms with Crippen molar-refractivity contribution in [2.45, 2.75) is 31.3 Å². The number of para-hydroxylation sites is 1. The number of aryl methyl sites for hydroxylation is 1. The first-order valence-corrected chi connectivity index (χ1v) is 12.2. The smallest absolute Gasteiger partial charge is 0.265 e. The van der Waals surface area contributed by atoms with Crippen LogP contribution in [0.2, 0.25) is 0 Å². The van der Waals surface area contributed by atoms with Crippen molar-refractivity contribution in [2.75, 3.05) is 24.3 Å². The van der Waals surface area contributed by atoms with Crippen molar-refractivity contribution in [3.05, 3.63) is 72.3 Å². The standard InChI is InChI=1S/C25H28N2O6S/c1-5-18-8-6-7-9-23(18)33-17(2)25(28)26-19-10-13-21(14-11-19)34(29,30)27-22-16-20(31-3)12-15-24(22)32-4/h6-17,27H,5H2,1-4H3,(H,26,28). The Morgan fingerprint density at radius 3 is 2.29 bits per heavy atom. The number of rotatable bonds is 10. The molecule has 3 aromatic rings. The third-order valence-corrected chi connectivity index (χ3v) is 6.49. The zero-order valence-corrected chi connectivity index (χ0v) is 20.3. The monoisotopic (exact) mass is 484 g/mol. The summed E-state index contributed by atoms with van der Waals surface area (Å²) in [7, 11) is -0.969. The molecule has 9 heteroatoms. The molecule has 34 heavy (non-hydrogen) atoms. The van der Waals surface area contributed by atoms with Crippen LogP contribution in [0.15, 0.2) is 71.6 Å². The van der Waals surface area contributed by atoms with Gasteiger partial charge in [-0.3, -0.25) is 9.52 Å². The number of sulfonamides is 1. The molecule has 0 aliphatic heterocycles. The van der Waals surface area contributed by atoms with E-state index in [-0.39, 0.29) is 16.5 Å². The molecule has 180 valence electrons. The summed E-state index contributed by atoms with van der Waals surface area (Å²) in [4.78, 5) is 12.6. The minimum absolute atomic E-state index is 0.0246. The molecule has 0 heterocycles. The van der Waals surface area contributed by atoms with E-state index in [9.17, 15) is 13.2 Å². The summed E-state index contributed by atoms with van der Waals surface area (Å²) in [6.07, 6.45) is 0.0501. The number of carbonyl (C=O) groups is 1. The average Bonchev–Trinajstić information content (AvgIpc) is 2.84. The SMILES string of the molecule is CCc1ccccc1OC(C)C(=O)Nc1ccc(S(=O)(=O)Nc2cc(OC)ccc2OC)cc1. The maximum Gasteiger partial charge on any atom is 0.265 e. The Morgan fingerprint density at radius 1 is 0.941 bits per heavy atom. The van der Waals surface area contributed by atoms with Gasteiger partial charge >= 0.3 is 0 Å². The highest BCUT2D eigenvalue weighted by Crippen LogP contribution is 2.31. The van der Waals surface area contributed by atoms with E-state index in [0.717, 1.165) is 12.0 Å². The lowest BCUT2D eigenvalue weighted by Gasteiger charge is -2.17. The number of ether oxygens (including phenoxy) is 3. The molecule has 1 unspecified atom stereocenters. The molecular weight excluding hydrogens is 456 g/mol. The third-order valence-electron chi connectivity index (χ3n) is 5.11. The van der Waals surface area contributed by atoms with Crippen molar-refractivity contribution in [3.63, 3.8) is 0 Å². The number of carbonyl (C=O) groups excluding carboxylic acids is 1. The molecule has 0 radical (unpaired) electrons. The summed E-state index contributed by atoms with van der Waals surface area (Å²) in [6, 6.07) is 18.2. The van der Waals surface area contributed by atoms with Gasteiger partial charge in [-0.2, -0.15) is 0 Å². The number of methoxy groups -OCH3 is 2. The predicted octanol–water partition coefficient (Wildman–Crippen LogP) is 4.47. The highest BCUT2D eigenvalue weighted by atomic mass is 32.2. The van der Waals surface area contributed by atoms with Gasteiger partial charge < -0.3 is 19.5 Å². The van der Waals surface area contributed by atoms with E-state index in [1.165, 1.54) is 44.6 Å². The molecule has 0 spiro atoms. The van der Waals surface area contributed by atoms with E-state index in [0.29, 0.717) is 22.9 Å². The van der Waals surface area contributed by atoms with Crippen molar-refractivity contribution in [1.29, 1.82) is 0 Å². The van der Waals surface area contributed by atoms with Gasteiger partial charge in [-0.25, -0.2) is 8.42 Å². The minimum Gasteiger partial charge on any atom is -0.497 e. The Hall–Kier alpha value is -3.72. The zero-order chi connectivity index (χ0) is 24.7. The first kappa shape index (κ1) is 24.9. The molecule has 0 bridgehead atoms. The van der Waals surface area contributed by atoms with E-state index < -0.39 is 16.1 Å². The summed E-state index contributed by atoms with van der Waals surface area (Å²) in [6.45, 7) is 3.67. The van der Waals surface area contributed by atoms with E-state index in [4.69, 9.17) is 14.2 Å². The Labute approximate surface area is 199 Å². The number of hydrogen-bond acceptors (Lipinski definition) is 6. The highest BCUT2D eigenvalue weighted by Gasteiger charge is 2.19. The minimum atomic E-state index is -3.90. The van der Waals surface area contributed by atoms with E-state index >= 15 is 0 Å². The maximum absolute atomic E-state index is 12.9. The Morgan fingerprint density at radius 2 is 1.65 bits per heavy atom. The zero-order valence-electron chi connectivity index (χ0n) is 19.5. The molecule has 0 aliphatic carbocycles. The van der Waals surface area contributed by atoms with Gasteiger partial charge in [0.25, 0.3) is 15.9 Å². The second kappa shape index (κ2) is 10.9. The first-order valence-electron chi connectivity index (χ1n) is 10.7. The molecule has 2 N–H and O–H groups in total. The van der Waals surface area contributed by atoms with Gasteiger partial charge in [0, 0.05) is 11.8 Å². The number of amides is 1. The van der Waals surface area contributed by atoms with Gasteiger partial charge in [0.1, 0.15) is 17.2 Å². The predicted molar refractivity (Wildman–Crippen MR) is 131 cm³/mol. The number of hydrogen-bond donors (Lipinski definition) is 2. The highest BCUT2D eigenvalue weighted by molar-refractivity contribution is 7.92. The van der Waals surface area contributed by atoms with Crippen molar-refractivity contribution in [3.8, 4) is 17.2 Å². The van der Waals surface area contributed by atoms with Gasteiger partial charge in [-0.1, -0.05) is 25.1 Å². The third kappa shape index (κ3) is 5.99. The topological polar surface area (TPSA) is 103 Å². The summed E-state index contributed by atoms with van der Waals surface area (Å²) >= 11 is 0. The van der Waals surface area contributed by atoms with Crippen LogP contribution in [0.1, 0.15) is 19.4 Å². The first-order chi connectivity index (χ1) is 16.3. The largest absolute Gasteiger partial charge is 0.497 e. The molecular formula is C25H28N2O6S. The maximum atomic E-state index is 12.9. The van der Waals surface area contributed by atoms with E-state index in [1.807, 2.05) is 31.2 Å². The molecule has 0 saturated heterocycles. The Balaban J connectivity index is 1.69. The normalized spacial score (nSPS) is 11.9. The fraction of sp³-hybridized carbons (Fsp3) is 0.240. The van der Waals surface area contributed by atoms with Crippen LogP contribution < -0.4 is 24.2 Å². The van der Waals surface area contributed by atoms with Crippen LogP contribution >= 0.6 is 0 Å². The number of anilines is 2. The van der Waals surface area contributed by atoms with Crippen molar-refractivity contribution in [2.24, 2.45) is 0 Å². The van der Waals surface area contributed by atoms with Gasteiger partial charge in [0.15, 0.2) is 6.10 Å². The summed E-state index contributed by atoms with van der Waals surface area (Å²) in [5, 5.41) is 2.75. The lowest BCUT2D eigenvalue weighted by atomic mass is 10.1. The van der Waals surface area contributed by atoms with Crippen molar-refractivity contribution < 1.29 is 27.4 Å². The number of nitrogens with one attached hydrogen (secondary N) is 2. The molecule has 0 saturated carbocycles. The molecule has 0 aromatic heterocycles. The second-order valence-electron chi connectivity index (χ2n) is 7.41. The van der Waals surface area contributed by atoms with E-state index in [2.05, 4.69) is 10.0 Å². The lowest BCUT2D eigenvalue weighted by molar-refractivity contribution is -0.122. The van der Waals surface area contributed by atoms with Gasteiger partial charge in [0.05, 0.1) is 24.8 Å². The van der Waals surface area contributed by atoms with Crippen molar-refractivity contribution >= 4 is 27.3 Å². The van der Waals surface area contributed by atoms with Crippen molar-refractivity contribution in [1.82, 2.24) is 0 Å². The molecule has 1 amide bonds. The van der Waals surface area contributed by atoms with Crippen LogP contribution in [0, 0.1) is 0 Å². The molecule has 0 aliphatic rings. The molecule has 3 aromatic carbocycles. The quantitative estimate of drug-likeness (QED) is 0.440. The molecule has 0 fully saturated rings. The van der Waals surface area contributed by atoms with Crippen LogP contribution in [0.5, 0.6) is 17.2 Å². The fourth-order valence-electron chi connectivity index (χ4n) is 3.21. The summed E-state index contributed by atoms with van der Waals surface area (Å²) in [5.74, 6) is 1.15. The van der Waals surface area contributed by atoms with Gasteiger partial charge in [0.2, 0.25) is 0 Å². The van der Waals surface area contributed by atoms with Crippen LogP contribution in [0.4, 0.5) is 11.4 Å². The fourth-order valence-corrected chi connectivity index (χ4v) is 4.27. The Kier molecular flexibility index (Phi) is 8.01. The molecule has 1 atom stereocenters. The van der Waals surface area contributed by atoms with Gasteiger partial charge in [-0.05, 0) is 61.4 Å². The second-order valence-corrected chi connectivity index (χ2v) is 9.09. The molecule has 8 nitrogen and oxygen atoms in total. The summed E-state index contributed by atoms with van der Waals surface area (Å²) < 4.78 is 44.4. The lowest BCUT2D eigenvalue weighted by Crippen LogP contribution is -2.30. The van der Waals surface area contributed by atoms with Crippen LogP contribution in [-0.4, -0.2) is 34.6 Å².